The van der Waals surface area contributed by atoms with Crippen LogP contribution in [0.1, 0.15) is 0 Å². The molecule has 3 aromatic rings. The average molecular weight is 643 g/mol. The lowest BCUT2D eigenvalue weighted by atomic mass is 9.98. The van der Waals surface area contributed by atoms with Crippen LogP contribution in [0.5, 0.6) is 34.5 Å². The van der Waals surface area contributed by atoms with Gasteiger partial charge in [-0.1, -0.05) is 0 Å². The van der Waals surface area contributed by atoms with Crippen LogP contribution in [0.4, 0.5) is 0 Å². The number of aliphatic hydroxyl groups is 7. The van der Waals surface area contributed by atoms with Gasteiger partial charge in [-0.15, -0.1) is 0 Å². The quantitative estimate of drug-likeness (QED) is 0.114. The van der Waals surface area contributed by atoms with Gasteiger partial charge in [-0.25, -0.2) is 0 Å². The molecular weight excluding hydrogens is 612 g/mol. The molecule has 0 bridgehead atoms. The van der Waals surface area contributed by atoms with E-state index in [-0.39, 0.29) is 5.56 Å². The molecule has 2 aliphatic rings. The standard InChI is InChI=1S/C27H30O18/c28-5-13-17(34)20(37)22(39)26(43-13)41-6-14-18(35)21(38)23(40)27(44-14)45-25-19(36)15-9(30)3-8(29)4-12(15)42-24(25)7-1-10(31)16(33)11(32)2-7/h1-4,13-14,17-18,20-23,26-35,37-40H,5-6H2/t13-,14-,17+,18-,20+,21+,22-,23-,26+,27+/m1/s1. The smallest absolute Gasteiger partial charge is 0.239 e. The SMILES string of the molecule is O=c1c(O[C@@H]2O[C@H](CO[C@H]3O[C@H](CO)[C@H](O)[C@H](O)[C@H]3O)[C@@H](O)[C@H](O)[C@H]2O)c(-c2cc(O)c(O)c(O)c2)oc2cc(O)cc(O)c12. The fraction of sp³-hybridized carbons (Fsp3) is 0.444. The summed E-state index contributed by atoms with van der Waals surface area (Å²) in [6.07, 6.45) is -17.8. The Bertz CT molecular complexity index is 1580. The van der Waals surface area contributed by atoms with Gasteiger partial charge in [0.15, 0.2) is 29.3 Å². The second-order valence-corrected chi connectivity index (χ2v) is 10.5. The normalized spacial score (nSPS) is 32.1. The Labute approximate surface area is 250 Å². The van der Waals surface area contributed by atoms with E-state index in [2.05, 4.69) is 0 Å². The average Bonchev–Trinajstić information content (AvgIpc) is 2.99. The maximum absolute atomic E-state index is 13.6. The molecule has 3 heterocycles. The zero-order valence-corrected chi connectivity index (χ0v) is 22.8. The summed E-state index contributed by atoms with van der Waals surface area (Å²) in [4.78, 5) is 13.6. The minimum absolute atomic E-state index is 0.284. The Morgan fingerprint density at radius 2 is 1.27 bits per heavy atom. The van der Waals surface area contributed by atoms with Crippen LogP contribution in [-0.2, 0) is 14.2 Å². The highest BCUT2D eigenvalue weighted by molar-refractivity contribution is 5.88. The summed E-state index contributed by atoms with van der Waals surface area (Å²) in [5.74, 6) is -5.28. The Kier molecular flexibility index (Phi) is 8.97. The zero-order valence-electron chi connectivity index (χ0n) is 22.8. The monoisotopic (exact) mass is 642 g/mol. The van der Waals surface area contributed by atoms with Crippen molar-refractivity contribution < 1.29 is 84.6 Å². The van der Waals surface area contributed by atoms with Crippen LogP contribution >= 0.6 is 0 Å². The second-order valence-electron chi connectivity index (χ2n) is 10.5. The van der Waals surface area contributed by atoms with Crippen molar-refractivity contribution in [2.75, 3.05) is 13.2 Å². The van der Waals surface area contributed by atoms with Gasteiger partial charge in [0.2, 0.25) is 17.5 Å². The maximum Gasteiger partial charge on any atom is 0.239 e. The summed E-state index contributed by atoms with van der Waals surface area (Å²) in [7, 11) is 0. The first-order valence-electron chi connectivity index (χ1n) is 13.3. The van der Waals surface area contributed by atoms with Gasteiger partial charge in [-0.2, -0.15) is 0 Å². The third-order valence-corrected chi connectivity index (χ3v) is 7.43. The molecule has 0 unspecified atom stereocenters. The van der Waals surface area contributed by atoms with Crippen molar-refractivity contribution in [3.05, 3.63) is 34.5 Å². The number of ether oxygens (including phenoxy) is 4. The minimum Gasteiger partial charge on any atom is -0.508 e. The number of phenols is 5. The van der Waals surface area contributed by atoms with E-state index in [1.165, 1.54) is 0 Å². The van der Waals surface area contributed by atoms with Crippen LogP contribution in [0.25, 0.3) is 22.3 Å². The minimum atomic E-state index is -2.05. The largest absolute Gasteiger partial charge is 0.508 e. The van der Waals surface area contributed by atoms with Crippen molar-refractivity contribution in [1.82, 2.24) is 0 Å². The van der Waals surface area contributed by atoms with Gasteiger partial charge < -0.3 is 84.6 Å². The van der Waals surface area contributed by atoms with Gasteiger partial charge in [0.05, 0.1) is 13.2 Å². The first-order chi connectivity index (χ1) is 21.2. The zero-order chi connectivity index (χ0) is 32.9. The third-order valence-electron chi connectivity index (χ3n) is 7.43. The fourth-order valence-corrected chi connectivity index (χ4v) is 4.96. The maximum atomic E-state index is 13.6. The fourth-order valence-electron chi connectivity index (χ4n) is 4.96. The van der Waals surface area contributed by atoms with Gasteiger partial charge in [0.1, 0.15) is 71.3 Å². The Morgan fingerprint density at radius 1 is 0.689 bits per heavy atom. The lowest BCUT2D eigenvalue weighted by Crippen LogP contribution is -2.62. The molecule has 0 radical (unpaired) electrons. The van der Waals surface area contributed by atoms with E-state index in [4.69, 9.17) is 23.4 Å². The lowest BCUT2D eigenvalue weighted by Gasteiger charge is -2.42. The van der Waals surface area contributed by atoms with Crippen LogP contribution in [0.3, 0.4) is 0 Å². The number of hydrogen-bond donors (Lipinski definition) is 12. The summed E-state index contributed by atoms with van der Waals surface area (Å²) < 4.78 is 27.5. The molecular formula is C27H30O18. The Balaban J connectivity index is 1.49. The summed E-state index contributed by atoms with van der Waals surface area (Å²) >= 11 is 0. The summed E-state index contributed by atoms with van der Waals surface area (Å²) in [5.41, 5.74) is -1.80. The molecule has 0 spiro atoms. The second kappa shape index (κ2) is 12.4. The van der Waals surface area contributed by atoms with Crippen LogP contribution in [0.2, 0.25) is 0 Å². The summed E-state index contributed by atoms with van der Waals surface area (Å²) in [5, 5.41) is 121. The molecule has 10 atom stereocenters. The molecule has 2 aromatic carbocycles. The van der Waals surface area contributed by atoms with Gasteiger partial charge in [-0.3, -0.25) is 4.79 Å². The van der Waals surface area contributed by atoms with E-state index in [1.54, 1.807) is 0 Å². The van der Waals surface area contributed by atoms with Crippen LogP contribution in [-0.4, -0.2) is 136 Å². The molecule has 5 rings (SSSR count). The number of hydrogen-bond acceptors (Lipinski definition) is 18. The highest BCUT2D eigenvalue weighted by atomic mass is 16.7. The molecule has 1 aromatic heterocycles. The van der Waals surface area contributed by atoms with Crippen molar-refractivity contribution in [1.29, 1.82) is 0 Å². The van der Waals surface area contributed by atoms with Crippen molar-refractivity contribution in [3.8, 4) is 45.8 Å². The Morgan fingerprint density at radius 3 is 1.89 bits per heavy atom. The molecule has 246 valence electrons. The summed E-state index contributed by atoms with van der Waals surface area (Å²) in [6, 6.07) is 3.51. The first-order valence-corrected chi connectivity index (χ1v) is 13.3. The van der Waals surface area contributed by atoms with E-state index in [0.29, 0.717) is 0 Å². The highest BCUT2D eigenvalue weighted by Gasteiger charge is 2.48. The molecule has 18 nitrogen and oxygen atoms in total. The third kappa shape index (κ3) is 5.91. The van der Waals surface area contributed by atoms with E-state index < -0.39 is 131 Å². The number of phenolic OH excluding ortho intramolecular Hbond substituents is 5. The topological polar surface area (TPSA) is 310 Å². The van der Waals surface area contributed by atoms with E-state index in [0.717, 1.165) is 24.3 Å². The number of rotatable bonds is 7. The molecule has 2 aliphatic heterocycles. The van der Waals surface area contributed by atoms with Gasteiger partial charge in [0, 0.05) is 17.7 Å². The molecule has 0 saturated carbocycles. The van der Waals surface area contributed by atoms with Gasteiger partial charge >= 0.3 is 0 Å². The number of benzene rings is 2. The van der Waals surface area contributed by atoms with E-state index in [1.807, 2.05) is 0 Å². The van der Waals surface area contributed by atoms with Gasteiger partial charge in [-0.05, 0) is 12.1 Å². The number of aromatic hydroxyl groups is 5. The van der Waals surface area contributed by atoms with Crippen LogP contribution < -0.4 is 10.2 Å². The predicted molar refractivity (Wildman–Crippen MR) is 143 cm³/mol. The molecule has 2 saturated heterocycles. The highest BCUT2D eigenvalue weighted by Crippen LogP contribution is 2.43. The van der Waals surface area contributed by atoms with Crippen molar-refractivity contribution in [3.63, 3.8) is 0 Å². The van der Waals surface area contributed by atoms with Crippen LogP contribution in [0, 0.1) is 0 Å². The molecule has 0 amide bonds. The van der Waals surface area contributed by atoms with Crippen molar-refractivity contribution in [2.24, 2.45) is 0 Å². The summed E-state index contributed by atoms with van der Waals surface area (Å²) in [6.45, 7) is -1.47. The van der Waals surface area contributed by atoms with Gasteiger partial charge in [0.25, 0.3) is 0 Å². The van der Waals surface area contributed by atoms with Crippen molar-refractivity contribution in [2.45, 2.75) is 61.4 Å². The molecule has 12 N–H and O–H groups in total. The van der Waals surface area contributed by atoms with Crippen molar-refractivity contribution >= 4 is 11.0 Å². The molecule has 0 aliphatic carbocycles. The molecule has 45 heavy (non-hydrogen) atoms. The molecule has 2 fully saturated rings. The predicted octanol–water partition coefficient (Wildman–Crippen LogP) is -3.01. The number of aliphatic hydroxyl groups excluding tert-OH is 7. The van der Waals surface area contributed by atoms with E-state index in [9.17, 15) is 66.1 Å². The number of fused-ring (bicyclic) bond motifs is 1. The lowest BCUT2D eigenvalue weighted by molar-refractivity contribution is -0.323. The first kappa shape index (κ1) is 32.4. The van der Waals surface area contributed by atoms with E-state index >= 15 is 0 Å². The molecule has 18 heteroatoms. The Hall–Kier alpha value is -3.95. The van der Waals surface area contributed by atoms with Crippen LogP contribution in [0.15, 0.2) is 33.5 Å².